The van der Waals surface area contributed by atoms with E-state index in [2.05, 4.69) is 15.0 Å². The lowest BCUT2D eigenvalue weighted by Gasteiger charge is -2.27. The van der Waals surface area contributed by atoms with E-state index in [0.717, 1.165) is 57.7 Å². The standard InChI is InChI=1S/C28H31N3O5S2/c1-28(2,3)31-38(34,35)25-15-19(18-7-11-23-20(14-18)12-13-36-23)6-10-22(25)24-16-29-26(37-24)17-4-8-21(9-5-17)30-27(32)33/h6-7,10-17,21,30-31H,4-5,8-9H2,1-3H3,(H,32,33). The van der Waals surface area contributed by atoms with Crippen molar-refractivity contribution in [3.8, 4) is 21.6 Å². The zero-order valence-corrected chi connectivity index (χ0v) is 23.2. The molecule has 0 spiro atoms. The van der Waals surface area contributed by atoms with Crippen LogP contribution in [0.25, 0.3) is 32.5 Å². The lowest BCUT2D eigenvalue weighted by atomic mass is 9.86. The molecule has 0 unspecified atom stereocenters. The topological polar surface area (TPSA) is 122 Å². The van der Waals surface area contributed by atoms with Crippen molar-refractivity contribution in [1.82, 2.24) is 15.0 Å². The molecule has 2 heterocycles. The summed E-state index contributed by atoms with van der Waals surface area (Å²) in [6, 6.07) is 13.2. The Kier molecular flexibility index (Phi) is 7.06. The number of carboxylic acid groups (broad SMARTS) is 1. The lowest BCUT2D eigenvalue weighted by molar-refractivity contribution is 0.185. The van der Waals surface area contributed by atoms with Gasteiger partial charge in [0.05, 0.1) is 21.0 Å². The van der Waals surface area contributed by atoms with Gasteiger partial charge in [-0.25, -0.2) is 22.9 Å². The first-order valence-corrected chi connectivity index (χ1v) is 14.9. The molecule has 4 aromatic rings. The smallest absolute Gasteiger partial charge is 0.404 e. The monoisotopic (exact) mass is 553 g/mol. The predicted octanol–water partition coefficient (Wildman–Crippen LogP) is 6.59. The van der Waals surface area contributed by atoms with E-state index in [1.807, 2.05) is 57.2 Å². The number of furan rings is 1. The van der Waals surface area contributed by atoms with E-state index in [4.69, 9.17) is 9.52 Å². The minimum atomic E-state index is -3.85. The number of sulfonamides is 1. The molecule has 1 aliphatic rings. The number of hydrogen-bond donors (Lipinski definition) is 3. The van der Waals surface area contributed by atoms with Crippen LogP contribution in [0.4, 0.5) is 4.79 Å². The molecule has 1 aliphatic carbocycles. The van der Waals surface area contributed by atoms with Gasteiger partial charge in [-0.15, -0.1) is 11.3 Å². The number of thiazole rings is 1. The van der Waals surface area contributed by atoms with Crippen molar-refractivity contribution in [3.05, 3.63) is 59.9 Å². The van der Waals surface area contributed by atoms with Crippen LogP contribution >= 0.6 is 11.3 Å². The highest BCUT2D eigenvalue weighted by molar-refractivity contribution is 7.89. The largest absolute Gasteiger partial charge is 0.465 e. The Morgan fingerprint density at radius 2 is 1.76 bits per heavy atom. The van der Waals surface area contributed by atoms with Crippen LogP contribution in [0.2, 0.25) is 0 Å². The van der Waals surface area contributed by atoms with Gasteiger partial charge in [0.15, 0.2) is 0 Å². The van der Waals surface area contributed by atoms with Gasteiger partial charge in [0, 0.05) is 34.6 Å². The first kappa shape index (κ1) is 26.4. The van der Waals surface area contributed by atoms with E-state index < -0.39 is 21.7 Å². The Morgan fingerprint density at radius 1 is 1.05 bits per heavy atom. The van der Waals surface area contributed by atoms with E-state index in [1.54, 1.807) is 18.5 Å². The average molecular weight is 554 g/mol. The highest BCUT2D eigenvalue weighted by atomic mass is 32.2. The summed E-state index contributed by atoms with van der Waals surface area (Å²) in [6.07, 6.45) is 5.60. The molecule has 10 heteroatoms. The highest BCUT2D eigenvalue weighted by Crippen LogP contribution is 2.40. The minimum absolute atomic E-state index is 0.0304. The molecule has 1 fully saturated rings. The average Bonchev–Trinajstić information content (AvgIpc) is 3.52. The number of carbonyl (C=O) groups is 1. The molecule has 2 aromatic carbocycles. The van der Waals surface area contributed by atoms with Gasteiger partial charge in [-0.1, -0.05) is 18.2 Å². The van der Waals surface area contributed by atoms with Crippen LogP contribution in [0.1, 0.15) is 57.4 Å². The zero-order valence-electron chi connectivity index (χ0n) is 21.5. The van der Waals surface area contributed by atoms with Crippen molar-refractivity contribution < 1.29 is 22.7 Å². The second kappa shape index (κ2) is 10.2. The molecule has 0 aliphatic heterocycles. The minimum Gasteiger partial charge on any atom is -0.465 e. The van der Waals surface area contributed by atoms with Gasteiger partial charge in [-0.05, 0) is 81.8 Å². The quantitative estimate of drug-likeness (QED) is 0.248. The van der Waals surface area contributed by atoms with Crippen LogP contribution in [-0.4, -0.2) is 36.2 Å². The number of nitrogens with zero attached hydrogens (tertiary/aromatic N) is 1. The molecule has 200 valence electrons. The molecule has 0 saturated heterocycles. The van der Waals surface area contributed by atoms with Gasteiger partial charge in [-0.3, -0.25) is 0 Å². The van der Waals surface area contributed by atoms with E-state index in [1.165, 1.54) is 11.3 Å². The molecule has 2 aromatic heterocycles. The maximum Gasteiger partial charge on any atom is 0.404 e. The predicted molar refractivity (Wildman–Crippen MR) is 149 cm³/mol. The summed E-state index contributed by atoms with van der Waals surface area (Å²) in [7, 11) is -3.85. The van der Waals surface area contributed by atoms with Crippen molar-refractivity contribution in [3.63, 3.8) is 0 Å². The van der Waals surface area contributed by atoms with E-state index in [9.17, 15) is 13.2 Å². The van der Waals surface area contributed by atoms with Crippen LogP contribution in [0, 0.1) is 0 Å². The number of benzene rings is 2. The molecule has 0 bridgehead atoms. The van der Waals surface area contributed by atoms with Crippen LogP contribution in [-0.2, 0) is 10.0 Å². The van der Waals surface area contributed by atoms with Gasteiger partial charge in [0.25, 0.3) is 0 Å². The zero-order chi connectivity index (χ0) is 27.1. The summed E-state index contributed by atoms with van der Waals surface area (Å²) in [4.78, 5) is 16.6. The maximum absolute atomic E-state index is 13.6. The van der Waals surface area contributed by atoms with Gasteiger partial charge < -0.3 is 14.8 Å². The van der Waals surface area contributed by atoms with Crippen molar-refractivity contribution in [1.29, 1.82) is 0 Å². The first-order valence-electron chi connectivity index (χ1n) is 12.6. The first-order chi connectivity index (χ1) is 18.0. The lowest BCUT2D eigenvalue weighted by Crippen LogP contribution is -2.40. The number of nitrogens with one attached hydrogen (secondary N) is 2. The Bertz CT molecular complexity index is 1580. The van der Waals surface area contributed by atoms with Crippen LogP contribution in [0.15, 0.2) is 64.2 Å². The third-order valence-electron chi connectivity index (χ3n) is 6.69. The molecule has 8 nitrogen and oxygen atoms in total. The van der Waals surface area contributed by atoms with Crippen molar-refractivity contribution in [2.45, 2.75) is 68.8 Å². The third-order valence-corrected chi connectivity index (χ3v) is 9.68. The van der Waals surface area contributed by atoms with Crippen molar-refractivity contribution in [2.75, 3.05) is 0 Å². The molecule has 1 saturated carbocycles. The van der Waals surface area contributed by atoms with Gasteiger partial charge in [-0.2, -0.15) is 0 Å². The number of hydrogen-bond acceptors (Lipinski definition) is 6. The summed E-state index contributed by atoms with van der Waals surface area (Å²) in [5.41, 5.74) is 2.43. The Balaban J connectivity index is 1.50. The Morgan fingerprint density at radius 3 is 2.47 bits per heavy atom. The summed E-state index contributed by atoms with van der Waals surface area (Å²) in [5.74, 6) is 0.231. The van der Waals surface area contributed by atoms with E-state index in [-0.39, 0.29) is 16.9 Å². The Labute approximate surface area is 226 Å². The maximum atomic E-state index is 13.6. The summed E-state index contributed by atoms with van der Waals surface area (Å²) in [5, 5.41) is 13.5. The summed E-state index contributed by atoms with van der Waals surface area (Å²) < 4.78 is 35.5. The number of amides is 1. The molecular weight excluding hydrogens is 522 g/mol. The fourth-order valence-electron chi connectivity index (χ4n) is 4.99. The number of fused-ring (bicyclic) bond motifs is 1. The van der Waals surface area contributed by atoms with E-state index >= 15 is 0 Å². The van der Waals surface area contributed by atoms with Crippen molar-refractivity contribution >= 4 is 38.4 Å². The van der Waals surface area contributed by atoms with E-state index in [0.29, 0.717) is 5.56 Å². The molecule has 3 N–H and O–H groups in total. The van der Waals surface area contributed by atoms with Crippen LogP contribution in [0.5, 0.6) is 0 Å². The highest BCUT2D eigenvalue weighted by Gasteiger charge is 2.29. The molecule has 0 radical (unpaired) electrons. The number of aromatic nitrogens is 1. The Hall–Kier alpha value is -3.21. The van der Waals surface area contributed by atoms with Gasteiger partial charge in [0.2, 0.25) is 10.0 Å². The fourth-order valence-corrected chi connectivity index (χ4v) is 7.85. The second-order valence-corrected chi connectivity index (χ2v) is 13.5. The normalized spacial score (nSPS) is 18.5. The van der Waals surface area contributed by atoms with Crippen molar-refractivity contribution in [2.24, 2.45) is 0 Å². The number of rotatable bonds is 6. The fraction of sp³-hybridized carbons (Fsp3) is 0.357. The van der Waals surface area contributed by atoms with Crippen LogP contribution < -0.4 is 10.0 Å². The molecule has 0 atom stereocenters. The molecule has 5 rings (SSSR count). The van der Waals surface area contributed by atoms with Crippen LogP contribution in [0.3, 0.4) is 0 Å². The third kappa shape index (κ3) is 5.77. The second-order valence-electron chi connectivity index (χ2n) is 10.8. The molecule has 38 heavy (non-hydrogen) atoms. The van der Waals surface area contributed by atoms with Gasteiger partial charge in [0.1, 0.15) is 5.58 Å². The summed E-state index contributed by atoms with van der Waals surface area (Å²) >= 11 is 1.51. The summed E-state index contributed by atoms with van der Waals surface area (Å²) in [6.45, 7) is 5.46. The van der Waals surface area contributed by atoms with Gasteiger partial charge >= 0.3 is 6.09 Å². The molecular formula is C28H31N3O5S2. The SMILES string of the molecule is CC(C)(C)NS(=O)(=O)c1cc(-c2ccc3occc3c2)ccc1-c1cnc(C2CCC(NC(=O)O)CC2)s1. The molecule has 1 amide bonds.